The number of nitrogens with zero attached hydrogens (tertiary/aromatic N) is 6. The van der Waals surface area contributed by atoms with E-state index < -0.39 is 6.10 Å². The Kier molecular flexibility index (Phi) is 6.39. The molecule has 0 radical (unpaired) electrons. The molecule has 0 unspecified atom stereocenters. The van der Waals surface area contributed by atoms with Gasteiger partial charge in [-0.25, -0.2) is 4.68 Å². The Morgan fingerprint density at radius 3 is 2.62 bits per heavy atom. The van der Waals surface area contributed by atoms with Crippen LogP contribution in [0.25, 0.3) is 5.69 Å². The molecule has 1 amide bonds. The molecule has 2 aliphatic rings. The van der Waals surface area contributed by atoms with Crippen molar-refractivity contribution < 1.29 is 9.53 Å². The van der Waals surface area contributed by atoms with Crippen molar-refractivity contribution in [2.24, 2.45) is 0 Å². The highest BCUT2D eigenvalue weighted by Crippen LogP contribution is 2.23. The molecular formula is C21H30N6O2. The van der Waals surface area contributed by atoms with Gasteiger partial charge < -0.3 is 14.5 Å². The van der Waals surface area contributed by atoms with Crippen LogP contribution in [0.4, 0.5) is 0 Å². The van der Waals surface area contributed by atoms with E-state index in [0.717, 1.165) is 38.0 Å². The normalized spacial score (nSPS) is 21.3. The Morgan fingerprint density at radius 2 is 1.90 bits per heavy atom. The molecule has 8 nitrogen and oxygen atoms in total. The number of aromatic nitrogens is 4. The molecular weight excluding hydrogens is 368 g/mol. The maximum absolute atomic E-state index is 13.1. The molecule has 0 spiro atoms. The lowest BCUT2D eigenvalue weighted by Crippen LogP contribution is -2.49. The Balaban J connectivity index is 1.34. The van der Waals surface area contributed by atoms with Gasteiger partial charge in [0, 0.05) is 19.1 Å². The third-order valence-electron chi connectivity index (χ3n) is 6.00. The minimum absolute atomic E-state index is 0.0978. The highest BCUT2D eigenvalue weighted by atomic mass is 16.5. The van der Waals surface area contributed by atoms with Gasteiger partial charge in [-0.05, 0) is 93.2 Å². The van der Waals surface area contributed by atoms with E-state index in [1.165, 1.54) is 32.4 Å². The van der Waals surface area contributed by atoms with Crippen LogP contribution in [0, 0.1) is 0 Å². The lowest BCUT2D eigenvalue weighted by atomic mass is 9.98. The first kappa shape index (κ1) is 19.8. The fourth-order valence-electron chi connectivity index (χ4n) is 4.37. The molecule has 1 aromatic heterocycles. The second kappa shape index (κ2) is 9.35. The topological polar surface area (TPSA) is 76.4 Å². The number of rotatable bonds is 7. The van der Waals surface area contributed by atoms with Gasteiger partial charge in [0.15, 0.2) is 6.10 Å². The molecule has 0 bridgehead atoms. The van der Waals surface area contributed by atoms with Crippen LogP contribution in [-0.2, 0) is 4.79 Å². The first-order chi connectivity index (χ1) is 14.2. The third-order valence-corrected chi connectivity index (χ3v) is 6.00. The minimum Gasteiger partial charge on any atom is -0.481 e. The molecule has 29 heavy (non-hydrogen) atoms. The lowest BCUT2D eigenvalue weighted by molar-refractivity contribution is -0.142. The summed E-state index contributed by atoms with van der Waals surface area (Å²) >= 11 is 0. The standard InChI is InChI=1S/C21H30N6O2/c1-17(29-20-9-7-19(8-10-20)27-16-22-23-24-27)21(28)26-14-3-2-6-18(26)11-15-25-12-4-5-13-25/h7-10,16-18H,2-6,11-15H2,1H3/t17-,18-/m0/s1. The van der Waals surface area contributed by atoms with Crippen LogP contribution < -0.4 is 4.74 Å². The average molecular weight is 399 g/mol. The van der Waals surface area contributed by atoms with E-state index in [9.17, 15) is 4.79 Å². The predicted octanol–water partition coefficient (Wildman–Crippen LogP) is 2.30. The fraction of sp³-hybridized carbons (Fsp3) is 0.619. The Morgan fingerprint density at radius 1 is 1.14 bits per heavy atom. The van der Waals surface area contributed by atoms with Gasteiger partial charge in [0.1, 0.15) is 12.1 Å². The van der Waals surface area contributed by atoms with Crippen molar-refractivity contribution >= 4 is 5.91 Å². The SMILES string of the molecule is C[C@H](Oc1ccc(-n2cnnn2)cc1)C(=O)N1CCCC[C@H]1CCN1CCCC1. The van der Waals surface area contributed by atoms with Crippen LogP contribution in [0.2, 0.25) is 0 Å². The molecule has 3 heterocycles. The van der Waals surface area contributed by atoms with E-state index in [4.69, 9.17) is 4.74 Å². The van der Waals surface area contributed by atoms with E-state index in [-0.39, 0.29) is 5.91 Å². The molecule has 156 valence electrons. The summed E-state index contributed by atoms with van der Waals surface area (Å²) < 4.78 is 7.55. The summed E-state index contributed by atoms with van der Waals surface area (Å²) in [7, 11) is 0. The largest absolute Gasteiger partial charge is 0.481 e. The van der Waals surface area contributed by atoms with Gasteiger partial charge in [0.25, 0.3) is 5.91 Å². The van der Waals surface area contributed by atoms with Gasteiger partial charge >= 0.3 is 0 Å². The number of likely N-dealkylation sites (tertiary alicyclic amines) is 2. The molecule has 2 atom stereocenters. The van der Waals surface area contributed by atoms with Gasteiger partial charge in [-0.2, -0.15) is 0 Å². The molecule has 0 aliphatic carbocycles. The minimum atomic E-state index is -0.499. The molecule has 1 aromatic carbocycles. The summed E-state index contributed by atoms with van der Waals surface area (Å²) in [5, 5.41) is 11.2. The summed E-state index contributed by atoms with van der Waals surface area (Å²) in [6.07, 6.45) is 8.13. The number of carbonyl (C=O) groups is 1. The predicted molar refractivity (Wildman–Crippen MR) is 109 cm³/mol. The maximum Gasteiger partial charge on any atom is 0.263 e. The van der Waals surface area contributed by atoms with Crippen LogP contribution in [0.1, 0.15) is 45.4 Å². The van der Waals surface area contributed by atoms with E-state index in [2.05, 4.69) is 25.3 Å². The van der Waals surface area contributed by atoms with Gasteiger partial charge in [0.05, 0.1) is 5.69 Å². The van der Waals surface area contributed by atoms with Crippen molar-refractivity contribution in [3.8, 4) is 11.4 Å². The summed E-state index contributed by atoms with van der Waals surface area (Å²) in [5.74, 6) is 0.772. The zero-order chi connectivity index (χ0) is 20.1. The van der Waals surface area contributed by atoms with E-state index in [0.29, 0.717) is 11.8 Å². The van der Waals surface area contributed by atoms with Crippen LogP contribution in [0.3, 0.4) is 0 Å². The zero-order valence-corrected chi connectivity index (χ0v) is 17.1. The van der Waals surface area contributed by atoms with Crippen LogP contribution in [0.15, 0.2) is 30.6 Å². The molecule has 2 aromatic rings. The summed E-state index contributed by atoms with van der Waals surface area (Å²) in [6, 6.07) is 7.79. The maximum atomic E-state index is 13.1. The van der Waals surface area contributed by atoms with E-state index in [1.807, 2.05) is 31.2 Å². The number of piperidine rings is 1. The zero-order valence-electron chi connectivity index (χ0n) is 17.1. The lowest BCUT2D eigenvalue weighted by Gasteiger charge is -2.38. The molecule has 0 N–H and O–H groups in total. The number of carbonyl (C=O) groups excluding carboxylic acids is 1. The number of tetrazole rings is 1. The molecule has 2 aliphatic heterocycles. The van der Waals surface area contributed by atoms with Crippen molar-refractivity contribution in [1.82, 2.24) is 30.0 Å². The summed E-state index contributed by atoms with van der Waals surface area (Å²) in [5.41, 5.74) is 0.847. The Labute approximate surface area is 171 Å². The molecule has 0 saturated carbocycles. The first-order valence-corrected chi connectivity index (χ1v) is 10.7. The molecule has 2 saturated heterocycles. The molecule has 8 heteroatoms. The van der Waals surface area contributed by atoms with Crippen molar-refractivity contribution in [2.45, 2.75) is 57.6 Å². The van der Waals surface area contributed by atoms with Crippen LogP contribution >= 0.6 is 0 Å². The second-order valence-electron chi connectivity index (χ2n) is 8.03. The number of ether oxygens (including phenoxy) is 1. The van der Waals surface area contributed by atoms with Gasteiger partial charge in [-0.15, -0.1) is 5.10 Å². The molecule has 2 fully saturated rings. The van der Waals surface area contributed by atoms with Crippen molar-refractivity contribution in [3.05, 3.63) is 30.6 Å². The number of hydrogen-bond acceptors (Lipinski definition) is 6. The fourth-order valence-corrected chi connectivity index (χ4v) is 4.37. The quantitative estimate of drug-likeness (QED) is 0.712. The third kappa shape index (κ3) is 4.93. The van der Waals surface area contributed by atoms with Gasteiger partial charge in [-0.1, -0.05) is 0 Å². The monoisotopic (exact) mass is 398 g/mol. The number of benzene rings is 1. The Hall–Kier alpha value is -2.48. The number of hydrogen-bond donors (Lipinski definition) is 0. The smallest absolute Gasteiger partial charge is 0.263 e. The highest BCUT2D eigenvalue weighted by molar-refractivity contribution is 5.81. The van der Waals surface area contributed by atoms with E-state index in [1.54, 1.807) is 11.0 Å². The summed E-state index contributed by atoms with van der Waals surface area (Å²) in [4.78, 5) is 17.7. The van der Waals surface area contributed by atoms with Crippen LogP contribution in [-0.4, -0.2) is 74.2 Å². The molecule has 4 rings (SSSR count). The van der Waals surface area contributed by atoms with Crippen molar-refractivity contribution in [2.75, 3.05) is 26.2 Å². The number of amides is 1. The highest BCUT2D eigenvalue weighted by Gasteiger charge is 2.31. The first-order valence-electron chi connectivity index (χ1n) is 10.7. The van der Waals surface area contributed by atoms with Crippen molar-refractivity contribution in [1.29, 1.82) is 0 Å². The van der Waals surface area contributed by atoms with Crippen LogP contribution in [0.5, 0.6) is 5.75 Å². The second-order valence-corrected chi connectivity index (χ2v) is 8.03. The average Bonchev–Trinajstić information content (AvgIpc) is 3.47. The van der Waals surface area contributed by atoms with E-state index >= 15 is 0 Å². The summed E-state index contributed by atoms with van der Waals surface area (Å²) in [6.45, 7) is 6.21. The van der Waals surface area contributed by atoms with Gasteiger partial charge in [-0.3, -0.25) is 4.79 Å². The van der Waals surface area contributed by atoms with Crippen molar-refractivity contribution in [3.63, 3.8) is 0 Å². The van der Waals surface area contributed by atoms with Gasteiger partial charge in [0.2, 0.25) is 0 Å². The Bertz CT molecular complexity index is 773.